The second-order valence-corrected chi connectivity index (χ2v) is 11.1. The van der Waals surface area contributed by atoms with Crippen molar-refractivity contribution in [2.45, 2.75) is 58.5 Å². The lowest BCUT2D eigenvalue weighted by Crippen LogP contribution is -2.10. The van der Waals surface area contributed by atoms with Crippen molar-refractivity contribution in [3.63, 3.8) is 0 Å². The van der Waals surface area contributed by atoms with Gasteiger partial charge >= 0.3 is 7.60 Å². The Kier molecular flexibility index (Phi) is 9.11. The Morgan fingerprint density at radius 3 is 2.17 bits per heavy atom. The van der Waals surface area contributed by atoms with Crippen LogP contribution in [0.3, 0.4) is 0 Å². The molecule has 166 valence electrons. The smallest absolute Gasteiger partial charge is 0.369 e. The molecule has 0 bridgehead atoms. The summed E-state index contributed by atoms with van der Waals surface area (Å²) < 4.78 is 17.8. The van der Waals surface area contributed by atoms with E-state index in [9.17, 15) is 14.6 Å². The molecule has 0 aliphatic rings. The van der Waals surface area contributed by atoms with Crippen molar-refractivity contribution >= 4 is 46.7 Å². The van der Waals surface area contributed by atoms with Crippen LogP contribution in [0.25, 0.3) is 0 Å². The first kappa shape index (κ1) is 25.5. The fourth-order valence-electron chi connectivity index (χ4n) is 3.13. The van der Waals surface area contributed by atoms with E-state index in [2.05, 4.69) is 15.9 Å². The van der Waals surface area contributed by atoms with Crippen LogP contribution in [0.1, 0.15) is 63.1 Å². The first-order valence-corrected chi connectivity index (χ1v) is 12.9. The maximum atomic E-state index is 12.3. The van der Waals surface area contributed by atoms with Crippen LogP contribution < -0.4 is 4.89 Å². The van der Waals surface area contributed by atoms with Gasteiger partial charge in [0, 0.05) is 28.6 Å². The molecule has 2 rings (SSSR count). The molecule has 1 atom stereocenters. The van der Waals surface area contributed by atoms with Crippen LogP contribution in [0.5, 0.6) is 11.5 Å². The van der Waals surface area contributed by atoms with Crippen molar-refractivity contribution in [1.82, 2.24) is 0 Å². The van der Waals surface area contributed by atoms with E-state index in [0.29, 0.717) is 39.3 Å². The average Bonchev–Trinajstić information content (AvgIpc) is 2.66. The lowest BCUT2D eigenvalue weighted by molar-refractivity contribution is -0.110. The molecule has 0 aliphatic carbocycles. The Balaban J connectivity index is 2.25. The van der Waals surface area contributed by atoms with Gasteiger partial charge in [0.15, 0.2) is 5.75 Å². The van der Waals surface area contributed by atoms with E-state index in [1.807, 2.05) is 39.8 Å². The number of phenols is 1. The van der Waals surface area contributed by atoms with Crippen LogP contribution in [0.15, 0.2) is 28.7 Å². The predicted octanol–water partition coefficient (Wildman–Crippen LogP) is 7.86. The van der Waals surface area contributed by atoms with E-state index in [1.165, 1.54) is 12.1 Å². The Morgan fingerprint density at radius 1 is 1.10 bits per heavy atom. The van der Waals surface area contributed by atoms with Gasteiger partial charge in [-0.3, -0.25) is 4.57 Å². The van der Waals surface area contributed by atoms with Gasteiger partial charge in [0.25, 0.3) is 0 Å². The number of hydrogen-bond donors (Lipinski definition) is 2. The molecule has 1 unspecified atom stereocenters. The fraction of sp³-hybridized carbons (Fsp3) is 0.429. The minimum atomic E-state index is -3.93. The standard InChI is InChI=1S/C21H26BrCl2O5P/c1-5-15(6-2)30(26,27)29-28-14-10-19(23)17(20(24)11-14)8-13-7-16(12(3)4)21(25)18(22)9-13/h7,9-12,15,25H,5-6,8H2,1-4H3,(H,26,27). The third-order valence-electron chi connectivity index (χ3n) is 4.91. The van der Waals surface area contributed by atoms with Gasteiger partial charge in [0.2, 0.25) is 0 Å². The third kappa shape index (κ3) is 6.15. The largest absolute Gasteiger partial charge is 0.506 e. The molecule has 0 aliphatic heterocycles. The summed E-state index contributed by atoms with van der Waals surface area (Å²) in [5, 5.41) is 10.9. The molecule has 0 heterocycles. The number of halogens is 3. The Labute approximate surface area is 195 Å². The maximum Gasteiger partial charge on any atom is 0.369 e. The molecule has 0 amide bonds. The van der Waals surface area contributed by atoms with Crippen LogP contribution >= 0.6 is 46.7 Å². The summed E-state index contributed by atoms with van der Waals surface area (Å²) in [4.78, 5) is 15.1. The fourth-order valence-corrected chi connectivity index (χ4v) is 5.49. The lowest BCUT2D eigenvalue weighted by atomic mass is 9.96. The van der Waals surface area contributed by atoms with Gasteiger partial charge in [-0.2, -0.15) is 0 Å². The highest BCUT2D eigenvalue weighted by molar-refractivity contribution is 9.10. The zero-order chi connectivity index (χ0) is 22.6. The molecule has 2 N–H and O–H groups in total. The van der Waals surface area contributed by atoms with Gasteiger partial charge in [0.05, 0.1) is 10.1 Å². The van der Waals surface area contributed by atoms with E-state index in [1.54, 1.807) is 0 Å². The number of hydrogen-bond acceptors (Lipinski definition) is 4. The van der Waals surface area contributed by atoms with Crippen molar-refractivity contribution in [1.29, 1.82) is 0 Å². The third-order valence-corrected chi connectivity index (χ3v) is 8.13. The lowest BCUT2D eigenvalue weighted by Gasteiger charge is -2.19. The average molecular weight is 540 g/mol. The summed E-state index contributed by atoms with van der Waals surface area (Å²) in [5.41, 5.74) is 1.90. The summed E-state index contributed by atoms with van der Waals surface area (Å²) in [6.45, 7) is 7.63. The van der Waals surface area contributed by atoms with Crippen molar-refractivity contribution in [3.05, 3.63) is 55.5 Å². The van der Waals surface area contributed by atoms with Gasteiger partial charge in [-0.05, 0) is 57.4 Å². The normalized spacial score (nSPS) is 13.7. The zero-order valence-corrected chi connectivity index (χ0v) is 21.3. The summed E-state index contributed by atoms with van der Waals surface area (Å²) in [5.74, 6) is 0.505. The van der Waals surface area contributed by atoms with Gasteiger partial charge < -0.3 is 14.9 Å². The topological polar surface area (TPSA) is 76.0 Å². The van der Waals surface area contributed by atoms with E-state index in [4.69, 9.17) is 32.8 Å². The number of phenolic OH excluding ortho intramolecular Hbond substituents is 1. The summed E-state index contributed by atoms with van der Waals surface area (Å²) in [6.07, 6.45) is 1.42. The Hall–Kier alpha value is -0.750. The van der Waals surface area contributed by atoms with Gasteiger partial charge in [-0.15, -0.1) is 0 Å². The highest BCUT2D eigenvalue weighted by atomic mass is 79.9. The van der Waals surface area contributed by atoms with Gasteiger partial charge in [0.1, 0.15) is 5.75 Å². The van der Waals surface area contributed by atoms with Gasteiger partial charge in [-0.25, -0.2) is 0 Å². The SMILES string of the molecule is CCC(CC)P(=O)(O)OOc1cc(Cl)c(Cc2cc(Br)c(O)c(C(C)C)c2)c(Cl)c1. The molecule has 9 heteroatoms. The monoisotopic (exact) mass is 538 g/mol. The minimum Gasteiger partial charge on any atom is -0.506 e. The molecule has 0 radical (unpaired) electrons. The van der Waals surface area contributed by atoms with E-state index in [0.717, 1.165) is 11.1 Å². The van der Waals surface area contributed by atoms with Crippen molar-refractivity contribution in [2.24, 2.45) is 0 Å². The molecule has 5 nitrogen and oxygen atoms in total. The molecule has 2 aromatic rings. The second kappa shape index (κ2) is 10.7. The van der Waals surface area contributed by atoms with Crippen LogP contribution in [-0.4, -0.2) is 15.7 Å². The number of aromatic hydroxyl groups is 1. The van der Waals surface area contributed by atoms with Crippen molar-refractivity contribution in [2.75, 3.05) is 0 Å². The van der Waals surface area contributed by atoms with Crippen molar-refractivity contribution < 1.29 is 24.1 Å². The van der Waals surface area contributed by atoms with E-state index < -0.39 is 13.3 Å². The van der Waals surface area contributed by atoms with E-state index >= 15 is 0 Å². The van der Waals surface area contributed by atoms with E-state index in [-0.39, 0.29) is 17.4 Å². The van der Waals surface area contributed by atoms with Crippen LogP contribution in [0.2, 0.25) is 10.0 Å². The van der Waals surface area contributed by atoms with Crippen LogP contribution in [-0.2, 0) is 15.7 Å². The molecular formula is C21H26BrCl2O5P. The predicted molar refractivity (Wildman–Crippen MR) is 125 cm³/mol. The molecule has 0 spiro atoms. The van der Waals surface area contributed by atoms with Crippen LogP contribution in [0.4, 0.5) is 0 Å². The summed E-state index contributed by atoms with van der Waals surface area (Å²) >= 11 is 16.2. The molecule has 0 fully saturated rings. The molecule has 0 aromatic heterocycles. The quantitative estimate of drug-likeness (QED) is 0.193. The maximum absolute atomic E-state index is 12.3. The summed E-state index contributed by atoms with van der Waals surface area (Å²) in [7, 11) is -3.93. The molecule has 0 saturated heterocycles. The Bertz CT molecular complexity index is 924. The zero-order valence-electron chi connectivity index (χ0n) is 17.3. The summed E-state index contributed by atoms with van der Waals surface area (Å²) in [6, 6.07) is 6.73. The van der Waals surface area contributed by atoms with Crippen LogP contribution in [0, 0.1) is 0 Å². The number of benzene rings is 2. The molecular weight excluding hydrogens is 514 g/mol. The highest BCUT2D eigenvalue weighted by Crippen LogP contribution is 2.50. The first-order chi connectivity index (χ1) is 14.0. The molecule has 30 heavy (non-hydrogen) atoms. The Morgan fingerprint density at radius 2 is 1.67 bits per heavy atom. The van der Waals surface area contributed by atoms with Crippen molar-refractivity contribution in [3.8, 4) is 11.5 Å². The minimum absolute atomic E-state index is 0.142. The molecule has 2 aromatic carbocycles. The molecule has 0 saturated carbocycles. The first-order valence-electron chi connectivity index (χ1n) is 9.68. The highest BCUT2D eigenvalue weighted by Gasteiger charge is 2.31. The number of rotatable bonds is 9. The van der Waals surface area contributed by atoms with Gasteiger partial charge in [-0.1, -0.05) is 61.6 Å². The second-order valence-electron chi connectivity index (χ2n) is 7.40.